The lowest BCUT2D eigenvalue weighted by Crippen LogP contribution is -2.23. The van der Waals surface area contributed by atoms with E-state index < -0.39 is 5.92 Å². The molecule has 25 heavy (non-hydrogen) atoms. The van der Waals surface area contributed by atoms with E-state index in [9.17, 15) is 9.18 Å². The summed E-state index contributed by atoms with van der Waals surface area (Å²) in [5.41, 5.74) is 8.08. The van der Waals surface area contributed by atoms with Crippen LogP contribution in [0.25, 0.3) is 11.3 Å². The molecule has 0 fully saturated rings. The second-order valence-corrected chi connectivity index (χ2v) is 6.30. The maximum absolute atomic E-state index is 13.1. The van der Waals surface area contributed by atoms with Crippen LogP contribution in [0, 0.1) is 5.82 Å². The molecule has 3 rings (SSSR count). The third kappa shape index (κ3) is 4.26. The third-order valence-electron chi connectivity index (χ3n) is 3.75. The van der Waals surface area contributed by atoms with Gasteiger partial charge in [0.25, 0.3) is 0 Å². The Balaban J connectivity index is 1.75. The van der Waals surface area contributed by atoms with Crippen molar-refractivity contribution in [3.63, 3.8) is 0 Å². The highest BCUT2D eigenvalue weighted by Crippen LogP contribution is 2.27. The van der Waals surface area contributed by atoms with Gasteiger partial charge in [0, 0.05) is 23.3 Å². The Hall–Kier alpha value is -2.64. The van der Waals surface area contributed by atoms with E-state index in [-0.39, 0.29) is 11.7 Å². The molecule has 3 N–H and O–H groups in total. The zero-order valence-corrected chi connectivity index (χ0v) is 14.2. The maximum Gasteiger partial charge on any atom is 0.233 e. The summed E-state index contributed by atoms with van der Waals surface area (Å²) in [7, 11) is 0. The number of carbonyl (C=O) groups excluding carboxylic acids is 1. The Morgan fingerprint density at radius 1 is 1.20 bits per heavy atom. The largest absolute Gasteiger partial charge is 0.330 e. The van der Waals surface area contributed by atoms with Gasteiger partial charge in [-0.25, -0.2) is 9.37 Å². The molecule has 5 nitrogen and oxygen atoms in total. The predicted octanol–water partition coefficient (Wildman–Crippen LogP) is 3.42. The number of amides is 1. The van der Waals surface area contributed by atoms with Crippen LogP contribution < -0.4 is 11.1 Å². The van der Waals surface area contributed by atoms with Crippen LogP contribution >= 0.6 is 11.3 Å². The first-order chi connectivity index (χ1) is 12.2. The predicted molar refractivity (Wildman–Crippen MR) is 96.8 cm³/mol. The Morgan fingerprint density at radius 3 is 2.60 bits per heavy atom. The lowest BCUT2D eigenvalue weighted by atomic mass is 9.95. The van der Waals surface area contributed by atoms with Crippen molar-refractivity contribution in [2.24, 2.45) is 5.73 Å². The van der Waals surface area contributed by atoms with Crippen LogP contribution in [-0.2, 0) is 4.79 Å². The molecule has 7 heteroatoms. The topological polar surface area (TPSA) is 80.9 Å². The number of carbonyl (C=O) groups is 1. The second kappa shape index (κ2) is 7.96. The van der Waals surface area contributed by atoms with Crippen LogP contribution in [0.2, 0.25) is 0 Å². The van der Waals surface area contributed by atoms with Gasteiger partial charge in [0.1, 0.15) is 5.82 Å². The van der Waals surface area contributed by atoms with Crippen LogP contribution in [0.3, 0.4) is 0 Å². The van der Waals surface area contributed by atoms with Crippen LogP contribution in [0.15, 0.2) is 54.2 Å². The third-order valence-corrected chi connectivity index (χ3v) is 4.51. The van der Waals surface area contributed by atoms with Gasteiger partial charge in [-0.1, -0.05) is 12.1 Å². The number of rotatable bonds is 6. The molecule has 1 atom stereocenters. The average molecular weight is 356 g/mol. The van der Waals surface area contributed by atoms with Gasteiger partial charge >= 0.3 is 0 Å². The molecule has 3 aromatic rings. The number of aromatic nitrogens is 2. The van der Waals surface area contributed by atoms with E-state index in [0.717, 1.165) is 16.8 Å². The summed E-state index contributed by atoms with van der Waals surface area (Å²) in [5.74, 6) is -0.982. The number of thiazole rings is 1. The van der Waals surface area contributed by atoms with Crippen LogP contribution in [0.5, 0.6) is 0 Å². The van der Waals surface area contributed by atoms with E-state index in [2.05, 4.69) is 15.3 Å². The van der Waals surface area contributed by atoms with Crippen molar-refractivity contribution in [1.29, 1.82) is 0 Å². The fraction of sp³-hybridized carbons (Fsp3) is 0.167. The highest BCUT2D eigenvalue weighted by molar-refractivity contribution is 7.14. The number of pyridine rings is 1. The van der Waals surface area contributed by atoms with E-state index in [1.807, 2.05) is 17.5 Å². The van der Waals surface area contributed by atoms with Gasteiger partial charge in [-0.05, 0) is 42.8 Å². The molecular formula is C18H17FN4OS. The van der Waals surface area contributed by atoms with Gasteiger partial charge in [0.2, 0.25) is 5.91 Å². The molecule has 0 spiro atoms. The van der Waals surface area contributed by atoms with Gasteiger partial charge in [-0.15, -0.1) is 11.3 Å². The molecule has 0 aliphatic heterocycles. The summed E-state index contributed by atoms with van der Waals surface area (Å²) in [5, 5.41) is 5.22. The first-order valence-electron chi connectivity index (χ1n) is 7.79. The molecule has 0 bridgehead atoms. The first kappa shape index (κ1) is 17.2. The summed E-state index contributed by atoms with van der Waals surface area (Å²) in [6.07, 6.45) is 3.86. The van der Waals surface area contributed by atoms with Crippen molar-refractivity contribution >= 4 is 22.4 Å². The molecule has 2 aromatic heterocycles. The minimum Gasteiger partial charge on any atom is -0.330 e. The van der Waals surface area contributed by atoms with E-state index in [1.165, 1.54) is 23.5 Å². The highest BCUT2D eigenvalue weighted by Gasteiger charge is 2.21. The van der Waals surface area contributed by atoms with Crippen molar-refractivity contribution in [2.45, 2.75) is 12.3 Å². The summed E-state index contributed by atoms with van der Waals surface area (Å²) >= 11 is 1.35. The summed E-state index contributed by atoms with van der Waals surface area (Å²) in [6.45, 7) is 0.357. The first-order valence-corrected chi connectivity index (χ1v) is 8.67. The Bertz CT molecular complexity index is 836. The summed E-state index contributed by atoms with van der Waals surface area (Å²) < 4.78 is 13.1. The molecule has 0 radical (unpaired) electrons. The number of nitrogens with two attached hydrogens (primary N) is 1. The molecule has 0 saturated heterocycles. The van der Waals surface area contributed by atoms with E-state index in [0.29, 0.717) is 18.1 Å². The number of benzene rings is 1. The molecule has 0 aliphatic rings. The molecular weight excluding hydrogens is 339 g/mol. The molecule has 0 aliphatic carbocycles. The van der Waals surface area contributed by atoms with E-state index in [1.54, 1.807) is 24.5 Å². The van der Waals surface area contributed by atoms with Gasteiger partial charge in [-0.3, -0.25) is 9.78 Å². The summed E-state index contributed by atoms with van der Waals surface area (Å²) in [6, 6.07) is 9.62. The van der Waals surface area contributed by atoms with Crippen molar-refractivity contribution in [3.05, 3.63) is 65.6 Å². The normalized spacial score (nSPS) is 11.9. The molecule has 1 aromatic carbocycles. The number of anilines is 1. The number of nitrogens with one attached hydrogen (secondary N) is 1. The fourth-order valence-electron chi connectivity index (χ4n) is 2.49. The lowest BCUT2D eigenvalue weighted by molar-refractivity contribution is -0.117. The van der Waals surface area contributed by atoms with Crippen LogP contribution in [0.1, 0.15) is 17.9 Å². The van der Waals surface area contributed by atoms with E-state index >= 15 is 0 Å². The molecule has 128 valence electrons. The number of hydrogen-bond donors (Lipinski definition) is 2. The van der Waals surface area contributed by atoms with Crippen molar-refractivity contribution in [1.82, 2.24) is 9.97 Å². The standard InChI is InChI=1S/C18H17FN4OS/c19-14-3-1-12(2-4-14)15(5-8-20)17(24)23-18-22-16(11-25-18)13-6-9-21-10-7-13/h1-4,6-7,9-11,15H,5,8,20H2,(H,22,23,24). The molecule has 2 heterocycles. The van der Waals surface area contributed by atoms with Gasteiger partial charge in [0.15, 0.2) is 5.13 Å². The Labute approximate surface area is 148 Å². The van der Waals surface area contributed by atoms with Crippen molar-refractivity contribution in [2.75, 3.05) is 11.9 Å². The molecule has 1 unspecified atom stereocenters. The maximum atomic E-state index is 13.1. The minimum atomic E-state index is -0.445. The van der Waals surface area contributed by atoms with Crippen LogP contribution in [0.4, 0.5) is 9.52 Å². The van der Waals surface area contributed by atoms with Crippen molar-refractivity contribution < 1.29 is 9.18 Å². The highest BCUT2D eigenvalue weighted by atomic mass is 32.1. The SMILES string of the molecule is NCCC(C(=O)Nc1nc(-c2ccncc2)cs1)c1ccc(F)cc1. The number of nitrogens with zero attached hydrogens (tertiary/aromatic N) is 2. The minimum absolute atomic E-state index is 0.201. The second-order valence-electron chi connectivity index (χ2n) is 5.44. The Kier molecular flexibility index (Phi) is 5.47. The average Bonchev–Trinajstić information content (AvgIpc) is 3.10. The zero-order chi connectivity index (χ0) is 17.6. The monoisotopic (exact) mass is 356 g/mol. The zero-order valence-electron chi connectivity index (χ0n) is 13.4. The number of hydrogen-bond acceptors (Lipinski definition) is 5. The number of halogens is 1. The van der Waals surface area contributed by atoms with Gasteiger partial charge in [0.05, 0.1) is 11.6 Å². The quantitative estimate of drug-likeness (QED) is 0.709. The van der Waals surface area contributed by atoms with E-state index in [4.69, 9.17) is 5.73 Å². The lowest BCUT2D eigenvalue weighted by Gasteiger charge is -2.15. The summed E-state index contributed by atoms with van der Waals surface area (Å²) in [4.78, 5) is 21.0. The van der Waals surface area contributed by atoms with Crippen molar-refractivity contribution in [3.8, 4) is 11.3 Å². The van der Waals surface area contributed by atoms with Crippen LogP contribution in [-0.4, -0.2) is 22.4 Å². The molecule has 1 amide bonds. The van der Waals surface area contributed by atoms with Gasteiger partial charge < -0.3 is 11.1 Å². The fourth-order valence-corrected chi connectivity index (χ4v) is 3.21. The van der Waals surface area contributed by atoms with Gasteiger partial charge in [-0.2, -0.15) is 0 Å². The smallest absolute Gasteiger partial charge is 0.233 e. The molecule has 0 saturated carbocycles. The Morgan fingerprint density at radius 2 is 1.92 bits per heavy atom.